The number of methoxy groups -OCH3 is 1. The van der Waals surface area contributed by atoms with Gasteiger partial charge in [-0.25, -0.2) is 0 Å². The van der Waals surface area contributed by atoms with Crippen molar-refractivity contribution in [1.29, 1.82) is 0 Å². The number of nitrogens with one attached hydrogen (secondary N) is 1. The first-order chi connectivity index (χ1) is 10.0. The summed E-state index contributed by atoms with van der Waals surface area (Å²) in [6, 6.07) is 14.9. The first kappa shape index (κ1) is 15.2. The Labute approximate surface area is 127 Å². The van der Waals surface area contributed by atoms with Gasteiger partial charge in [0, 0.05) is 31.5 Å². The number of rotatable bonds is 5. The molecule has 2 aromatic carbocycles. The zero-order valence-corrected chi connectivity index (χ0v) is 13.5. The molecule has 0 bridgehead atoms. The quantitative estimate of drug-likeness (QED) is 0.888. The third-order valence-corrected chi connectivity index (χ3v) is 3.71. The fourth-order valence-electron chi connectivity index (χ4n) is 2.30. The molecule has 1 atom stereocenters. The molecule has 0 spiro atoms. The Hall–Kier alpha value is -2.16. The maximum Gasteiger partial charge on any atom is 0.118 e. The van der Waals surface area contributed by atoms with Crippen LogP contribution < -0.4 is 15.0 Å². The van der Waals surface area contributed by atoms with Crippen LogP contribution in [0.1, 0.15) is 24.1 Å². The molecule has 21 heavy (non-hydrogen) atoms. The van der Waals surface area contributed by atoms with Crippen LogP contribution in [0, 0.1) is 6.92 Å². The predicted molar refractivity (Wildman–Crippen MR) is 90.5 cm³/mol. The molecular weight excluding hydrogens is 260 g/mol. The number of nitrogens with zero attached hydrogens (tertiary/aromatic N) is 1. The minimum absolute atomic E-state index is 0.250. The topological polar surface area (TPSA) is 24.5 Å². The van der Waals surface area contributed by atoms with E-state index in [0.29, 0.717) is 0 Å². The van der Waals surface area contributed by atoms with E-state index < -0.39 is 0 Å². The lowest BCUT2D eigenvalue weighted by Gasteiger charge is -2.20. The fraction of sp³-hybridized carbons (Fsp3) is 0.333. The van der Waals surface area contributed by atoms with Gasteiger partial charge in [0.05, 0.1) is 7.11 Å². The van der Waals surface area contributed by atoms with Gasteiger partial charge < -0.3 is 15.0 Å². The number of benzene rings is 2. The molecule has 0 aliphatic rings. The molecule has 2 rings (SSSR count). The smallest absolute Gasteiger partial charge is 0.118 e. The van der Waals surface area contributed by atoms with E-state index in [1.807, 2.05) is 12.1 Å². The van der Waals surface area contributed by atoms with Gasteiger partial charge in [-0.15, -0.1) is 0 Å². The number of ether oxygens (including phenoxy) is 1. The van der Waals surface area contributed by atoms with Gasteiger partial charge in [-0.1, -0.05) is 12.1 Å². The second-order valence-electron chi connectivity index (χ2n) is 5.53. The van der Waals surface area contributed by atoms with Crippen LogP contribution in [0.25, 0.3) is 0 Å². The van der Waals surface area contributed by atoms with Crippen LogP contribution >= 0.6 is 0 Å². The number of hydrogen-bond acceptors (Lipinski definition) is 3. The molecule has 0 amide bonds. The zero-order valence-electron chi connectivity index (χ0n) is 13.5. The number of aryl methyl sites for hydroxylation is 1. The van der Waals surface area contributed by atoms with E-state index in [4.69, 9.17) is 4.74 Å². The van der Waals surface area contributed by atoms with Gasteiger partial charge in [0.25, 0.3) is 0 Å². The van der Waals surface area contributed by atoms with E-state index in [1.54, 1.807) is 7.11 Å². The maximum atomic E-state index is 5.20. The first-order valence-electron chi connectivity index (χ1n) is 7.19. The Kier molecular flexibility index (Phi) is 4.73. The lowest BCUT2D eigenvalue weighted by atomic mass is 10.1. The van der Waals surface area contributed by atoms with Crippen molar-refractivity contribution in [2.75, 3.05) is 31.4 Å². The molecule has 0 fully saturated rings. The van der Waals surface area contributed by atoms with Crippen molar-refractivity contribution in [3.8, 4) is 5.75 Å². The van der Waals surface area contributed by atoms with Crippen molar-refractivity contribution < 1.29 is 4.74 Å². The van der Waals surface area contributed by atoms with Crippen LogP contribution in [-0.4, -0.2) is 21.2 Å². The van der Waals surface area contributed by atoms with Gasteiger partial charge in [0.2, 0.25) is 0 Å². The summed E-state index contributed by atoms with van der Waals surface area (Å²) in [6.45, 7) is 4.30. The Bertz CT molecular complexity index is 591. The second-order valence-corrected chi connectivity index (χ2v) is 5.53. The van der Waals surface area contributed by atoms with E-state index in [-0.39, 0.29) is 6.04 Å². The molecule has 3 heteroatoms. The van der Waals surface area contributed by atoms with Gasteiger partial charge in [-0.05, 0) is 55.3 Å². The van der Waals surface area contributed by atoms with Crippen molar-refractivity contribution in [1.82, 2.24) is 0 Å². The van der Waals surface area contributed by atoms with Crippen molar-refractivity contribution >= 4 is 11.4 Å². The summed E-state index contributed by atoms with van der Waals surface area (Å²) in [5, 5.41) is 3.57. The average Bonchev–Trinajstić information content (AvgIpc) is 2.49. The molecular formula is C18H24N2O. The highest BCUT2D eigenvalue weighted by molar-refractivity contribution is 5.60. The van der Waals surface area contributed by atoms with Crippen molar-refractivity contribution in [3.05, 3.63) is 53.6 Å². The van der Waals surface area contributed by atoms with Crippen molar-refractivity contribution in [2.24, 2.45) is 0 Å². The van der Waals surface area contributed by atoms with Gasteiger partial charge in [-0.3, -0.25) is 0 Å². The molecule has 1 N–H and O–H groups in total. The fourth-order valence-corrected chi connectivity index (χ4v) is 2.30. The Balaban J connectivity index is 2.13. The SMILES string of the molecule is COc1ccc(C(C)Nc2ccc(N(C)C)cc2C)cc1. The molecule has 0 saturated heterocycles. The number of anilines is 2. The van der Waals surface area contributed by atoms with Crippen molar-refractivity contribution in [3.63, 3.8) is 0 Å². The molecule has 0 heterocycles. The summed E-state index contributed by atoms with van der Waals surface area (Å²) in [7, 11) is 5.80. The van der Waals surface area contributed by atoms with Gasteiger partial charge in [0.15, 0.2) is 0 Å². The number of hydrogen-bond donors (Lipinski definition) is 1. The molecule has 2 aromatic rings. The summed E-state index contributed by atoms with van der Waals surface area (Å²) in [5.74, 6) is 0.887. The van der Waals surface area contributed by atoms with Gasteiger partial charge in [-0.2, -0.15) is 0 Å². The van der Waals surface area contributed by atoms with Gasteiger partial charge in [0.1, 0.15) is 5.75 Å². The standard InChI is InChI=1S/C18H24N2O/c1-13-12-16(20(3)4)8-11-18(13)19-14(2)15-6-9-17(21-5)10-7-15/h6-12,14,19H,1-5H3. The largest absolute Gasteiger partial charge is 0.497 e. The summed E-state index contributed by atoms with van der Waals surface area (Å²) < 4.78 is 5.20. The molecule has 0 aliphatic heterocycles. The summed E-state index contributed by atoms with van der Waals surface area (Å²) >= 11 is 0. The van der Waals surface area contributed by atoms with E-state index in [9.17, 15) is 0 Å². The Morgan fingerprint density at radius 3 is 2.24 bits per heavy atom. The zero-order chi connectivity index (χ0) is 15.4. The minimum Gasteiger partial charge on any atom is -0.497 e. The van der Waals surface area contributed by atoms with Crippen LogP contribution in [-0.2, 0) is 0 Å². The van der Waals surface area contributed by atoms with Gasteiger partial charge >= 0.3 is 0 Å². The highest BCUT2D eigenvalue weighted by Crippen LogP contribution is 2.26. The van der Waals surface area contributed by atoms with E-state index in [1.165, 1.54) is 22.5 Å². The molecule has 0 radical (unpaired) electrons. The first-order valence-corrected chi connectivity index (χ1v) is 7.19. The predicted octanol–water partition coefficient (Wildman–Crippen LogP) is 4.24. The summed E-state index contributed by atoms with van der Waals surface area (Å²) in [6.07, 6.45) is 0. The van der Waals surface area contributed by atoms with Crippen LogP contribution in [0.2, 0.25) is 0 Å². The highest BCUT2D eigenvalue weighted by Gasteiger charge is 2.08. The monoisotopic (exact) mass is 284 g/mol. The summed E-state index contributed by atoms with van der Waals surface area (Å²) in [4.78, 5) is 2.11. The third-order valence-electron chi connectivity index (χ3n) is 3.71. The molecule has 0 aromatic heterocycles. The van der Waals surface area contributed by atoms with Crippen molar-refractivity contribution in [2.45, 2.75) is 19.9 Å². The normalized spacial score (nSPS) is 11.9. The van der Waals surface area contributed by atoms with E-state index in [0.717, 1.165) is 5.75 Å². The Morgan fingerprint density at radius 2 is 1.71 bits per heavy atom. The lowest BCUT2D eigenvalue weighted by Crippen LogP contribution is -2.10. The van der Waals surface area contributed by atoms with Crippen LogP contribution in [0.15, 0.2) is 42.5 Å². The second kappa shape index (κ2) is 6.53. The molecule has 0 aliphatic carbocycles. The molecule has 112 valence electrons. The van der Waals surface area contributed by atoms with E-state index in [2.05, 4.69) is 68.5 Å². The lowest BCUT2D eigenvalue weighted by molar-refractivity contribution is 0.414. The third kappa shape index (κ3) is 3.69. The molecule has 3 nitrogen and oxygen atoms in total. The minimum atomic E-state index is 0.250. The van der Waals surface area contributed by atoms with Crippen LogP contribution in [0.3, 0.4) is 0 Å². The summed E-state index contributed by atoms with van der Waals surface area (Å²) in [5.41, 5.74) is 4.88. The maximum absolute atomic E-state index is 5.20. The average molecular weight is 284 g/mol. The molecule has 0 saturated carbocycles. The molecule has 1 unspecified atom stereocenters. The van der Waals surface area contributed by atoms with E-state index >= 15 is 0 Å². The van der Waals surface area contributed by atoms with Crippen LogP contribution in [0.4, 0.5) is 11.4 Å². The van der Waals surface area contributed by atoms with Crippen LogP contribution in [0.5, 0.6) is 5.75 Å². The highest BCUT2D eigenvalue weighted by atomic mass is 16.5. The Morgan fingerprint density at radius 1 is 1.05 bits per heavy atom.